The minimum absolute atomic E-state index is 0.243. The van der Waals surface area contributed by atoms with Gasteiger partial charge in [-0.05, 0) is 17.7 Å². The summed E-state index contributed by atoms with van der Waals surface area (Å²) in [6.07, 6.45) is 0.0914. The molecule has 22 heavy (non-hydrogen) atoms. The third-order valence-electron chi connectivity index (χ3n) is 4.00. The third-order valence-corrected chi connectivity index (χ3v) is 6.66. The Morgan fingerprint density at radius 2 is 2.41 bits per heavy atom. The van der Waals surface area contributed by atoms with Crippen molar-refractivity contribution >= 4 is 34.4 Å². The van der Waals surface area contributed by atoms with Crippen LogP contribution in [0.25, 0.3) is 10.4 Å². The van der Waals surface area contributed by atoms with Gasteiger partial charge in [-0.25, -0.2) is 4.79 Å². The normalized spacial score (nSPS) is 36.8. The molecule has 9 nitrogen and oxygen atoms in total. The van der Waals surface area contributed by atoms with Crippen molar-refractivity contribution in [3.05, 3.63) is 43.5 Å². The second-order valence-electron chi connectivity index (χ2n) is 5.11. The van der Waals surface area contributed by atoms with E-state index in [2.05, 4.69) is 15.0 Å². The number of azide groups is 1. The van der Waals surface area contributed by atoms with Gasteiger partial charge in [0, 0.05) is 21.6 Å². The van der Waals surface area contributed by atoms with Crippen molar-refractivity contribution in [2.24, 2.45) is 5.11 Å². The number of aromatic nitrogens is 2. The molecule has 0 aromatic carbocycles. The van der Waals surface area contributed by atoms with Gasteiger partial charge in [-0.15, -0.1) is 11.8 Å². The van der Waals surface area contributed by atoms with E-state index in [0.717, 1.165) is 5.75 Å². The summed E-state index contributed by atoms with van der Waals surface area (Å²) in [7, 11) is 0. The van der Waals surface area contributed by atoms with Crippen molar-refractivity contribution < 1.29 is 9.84 Å². The molecular weight excluding hydrogens is 425 g/mol. The maximum atomic E-state index is 12.0. The van der Waals surface area contributed by atoms with E-state index in [1.165, 1.54) is 28.6 Å². The molecule has 0 saturated carbocycles. The molecule has 0 amide bonds. The van der Waals surface area contributed by atoms with Gasteiger partial charge in [-0.2, -0.15) is 0 Å². The fourth-order valence-corrected chi connectivity index (χ4v) is 4.88. The summed E-state index contributed by atoms with van der Waals surface area (Å²) in [4.78, 5) is 28.2. The molecule has 2 aliphatic heterocycles. The summed E-state index contributed by atoms with van der Waals surface area (Å²) < 4.78 is 6.57. The van der Waals surface area contributed by atoms with Crippen LogP contribution in [-0.4, -0.2) is 41.4 Å². The molecule has 118 valence electrons. The first-order valence-corrected chi connectivity index (χ1v) is 8.94. The molecule has 2 aliphatic rings. The SMILES string of the molecule is [N-]=[N+]=NC1(CI)O[C@@H](n2ccc(=O)[nH]c2=O)[C@@]2(CCS2)[C@@H]1O. The number of aromatic amines is 1. The number of nitrogens with zero attached hydrogens (tertiary/aromatic N) is 4. The molecule has 4 atom stereocenters. The minimum atomic E-state index is -1.43. The topological polar surface area (TPSA) is 133 Å². The van der Waals surface area contributed by atoms with Crippen molar-refractivity contribution in [1.29, 1.82) is 0 Å². The molecule has 2 saturated heterocycles. The molecule has 2 fully saturated rings. The first kappa shape index (κ1) is 15.9. The molecule has 0 aliphatic carbocycles. The highest BCUT2D eigenvalue weighted by molar-refractivity contribution is 14.1. The summed E-state index contributed by atoms with van der Waals surface area (Å²) in [6.45, 7) is 0. The van der Waals surface area contributed by atoms with Crippen LogP contribution in [-0.2, 0) is 4.74 Å². The average molecular weight is 437 g/mol. The maximum Gasteiger partial charge on any atom is 0.330 e. The highest BCUT2D eigenvalue weighted by Crippen LogP contribution is 2.60. The van der Waals surface area contributed by atoms with E-state index in [1.807, 2.05) is 22.6 Å². The third kappa shape index (κ3) is 2.11. The lowest BCUT2D eigenvalue weighted by Gasteiger charge is -2.43. The van der Waals surface area contributed by atoms with E-state index in [9.17, 15) is 14.7 Å². The molecule has 0 radical (unpaired) electrons. The number of hydrogen-bond donors (Lipinski definition) is 2. The zero-order chi connectivity index (χ0) is 16.0. The number of aliphatic hydroxyl groups is 1. The molecule has 1 unspecified atom stereocenters. The number of nitrogens with one attached hydrogen (secondary N) is 1. The van der Waals surface area contributed by atoms with E-state index in [-0.39, 0.29) is 4.43 Å². The molecule has 0 bridgehead atoms. The van der Waals surface area contributed by atoms with Gasteiger partial charge in [-0.1, -0.05) is 27.7 Å². The van der Waals surface area contributed by atoms with E-state index in [1.54, 1.807) is 0 Å². The van der Waals surface area contributed by atoms with Crippen molar-refractivity contribution in [3.63, 3.8) is 0 Å². The van der Waals surface area contributed by atoms with Crippen LogP contribution in [0.3, 0.4) is 0 Å². The summed E-state index contributed by atoms with van der Waals surface area (Å²) in [5.74, 6) is 0.808. The van der Waals surface area contributed by atoms with Crippen LogP contribution in [0.2, 0.25) is 0 Å². The van der Waals surface area contributed by atoms with E-state index in [4.69, 9.17) is 10.3 Å². The van der Waals surface area contributed by atoms with Crippen LogP contribution < -0.4 is 11.2 Å². The van der Waals surface area contributed by atoms with Crippen LogP contribution >= 0.6 is 34.4 Å². The highest BCUT2D eigenvalue weighted by atomic mass is 127. The smallest absolute Gasteiger partial charge is 0.330 e. The second kappa shape index (κ2) is 5.57. The fraction of sp³-hybridized carbons (Fsp3) is 0.636. The Morgan fingerprint density at radius 1 is 1.68 bits per heavy atom. The molecule has 3 heterocycles. The number of hydrogen-bond acceptors (Lipinski definition) is 6. The van der Waals surface area contributed by atoms with Crippen LogP contribution in [0.4, 0.5) is 0 Å². The Labute approximate surface area is 141 Å². The number of rotatable bonds is 3. The van der Waals surface area contributed by atoms with E-state index < -0.39 is 34.1 Å². The monoisotopic (exact) mass is 437 g/mol. The van der Waals surface area contributed by atoms with Crippen molar-refractivity contribution in [3.8, 4) is 0 Å². The predicted molar refractivity (Wildman–Crippen MR) is 88.0 cm³/mol. The average Bonchev–Trinajstić information content (AvgIpc) is 2.69. The van der Waals surface area contributed by atoms with Crippen molar-refractivity contribution in [2.45, 2.75) is 29.2 Å². The van der Waals surface area contributed by atoms with Crippen molar-refractivity contribution in [2.75, 3.05) is 10.2 Å². The first-order chi connectivity index (χ1) is 10.5. The summed E-state index contributed by atoms with van der Waals surface area (Å²) in [5, 5.41) is 14.4. The lowest BCUT2D eigenvalue weighted by Crippen LogP contribution is -2.54. The summed E-state index contributed by atoms with van der Waals surface area (Å²) >= 11 is 3.45. The zero-order valence-corrected chi connectivity index (χ0v) is 14.2. The fourth-order valence-electron chi connectivity index (χ4n) is 2.81. The van der Waals surface area contributed by atoms with Crippen LogP contribution in [0, 0.1) is 0 Å². The Morgan fingerprint density at radius 3 is 2.91 bits per heavy atom. The predicted octanol–water partition coefficient (Wildman–Crippen LogP) is 0.744. The Hall–Kier alpha value is -1.01. The maximum absolute atomic E-state index is 12.0. The largest absolute Gasteiger partial charge is 0.388 e. The van der Waals surface area contributed by atoms with Gasteiger partial charge in [0.15, 0.2) is 12.0 Å². The van der Waals surface area contributed by atoms with Crippen LogP contribution in [0.1, 0.15) is 12.6 Å². The Bertz CT molecular complexity index is 755. The lowest BCUT2D eigenvalue weighted by molar-refractivity contribution is -0.0827. The molecule has 2 N–H and O–H groups in total. The molecule has 1 aromatic heterocycles. The molecular formula is C11H12IN5O4S. The number of alkyl halides is 1. The zero-order valence-electron chi connectivity index (χ0n) is 11.2. The number of halogens is 1. The van der Waals surface area contributed by atoms with Gasteiger partial charge in [0.2, 0.25) is 0 Å². The quantitative estimate of drug-likeness (QED) is 0.237. The second-order valence-corrected chi connectivity index (χ2v) is 7.33. The van der Waals surface area contributed by atoms with E-state index in [0.29, 0.717) is 6.42 Å². The number of thioether (sulfide) groups is 1. The van der Waals surface area contributed by atoms with E-state index >= 15 is 0 Å². The number of aliphatic hydroxyl groups excluding tert-OH is 1. The lowest BCUT2D eigenvalue weighted by atomic mass is 9.92. The van der Waals surface area contributed by atoms with Gasteiger partial charge in [-0.3, -0.25) is 14.3 Å². The van der Waals surface area contributed by atoms with Gasteiger partial charge in [0.05, 0.1) is 4.75 Å². The molecule has 1 spiro atoms. The standard InChI is InChI=1S/C11H12IN5O4S/c12-5-11(15-16-13)7(19)10(2-4-22-10)8(21-11)17-3-1-6(18)14-9(17)20/h1,3,7-8,19H,2,4-5H2,(H,14,18,20)/t7-,8+,10+,11?/m0/s1. The van der Waals surface area contributed by atoms with Crippen LogP contribution in [0.5, 0.6) is 0 Å². The number of ether oxygens (including phenoxy) is 1. The van der Waals surface area contributed by atoms with Gasteiger partial charge in [0.1, 0.15) is 6.10 Å². The molecule has 1 aromatic rings. The highest BCUT2D eigenvalue weighted by Gasteiger charge is 2.67. The summed E-state index contributed by atoms with van der Waals surface area (Å²) in [6, 6.07) is 1.21. The first-order valence-electron chi connectivity index (χ1n) is 6.43. The Balaban J connectivity index is 2.13. The van der Waals surface area contributed by atoms with Gasteiger partial charge in [0.25, 0.3) is 5.56 Å². The van der Waals surface area contributed by atoms with Gasteiger partial charge < -0.3 is 9.84 Å². The Kier molecular flexibility index (Phi) is 4.01. The van der Waals surface area contributed by atoms with Gasteiger partial charge >= 0.3 is 5.69 Å². The summed E-state index contributed by atoms with van der Waals surface area (Å²) in [5.41, 5.74) is 6.23. The van der Waals surface area contributed by atoms with Crippen LogP contribution in [0.15, 0.2) is 27.0 Å². The molecule has 3 rings (SSSR count). The number of H-pyrrole nitrogens is 1. The van der Waals surface area contributed by atoms with Crippen molar-refractivity contribution in [1.82, 2.24) is 9.55 Å². The molecule has 11 heteroatoms. The minimum Gasteiger partial charge on any atom is -0.388 e.